The van der Waals surface area contributed by atoms with E-state index in [1.807, 2.05) is 78.9 Å². The molecule has 31 heavy (non-hydrogen) atoms. The molecule has 3 nitrogen and oxygen atoms in total. The van der Waals surface area contributed by atoms with Crippen LogP contribution >= 0.6 is 0 Å². The van der Waals surface area contributed by atoms with Gasteiger partial charge in [-0.2, -0.15) is 0 Å². The molecule has 4 aromatic rings. The number of rotatable bonds is 7. The number of aliphatic imine (C=N–C) groups is 2. The summed E-state index contributed by atoms with van der Waals surface area (Å²) in [6.07, 6.45) is 7.10. The Bertz CT molecular complexity index is 1160. The van der Waals surface area contributed by atoms with E-state index in [4.69, 9.17) is 9.41 Å². The molecule has 0 aliphatic rings. The molecule has 0 aliphatic heterocycles. The summed E-state index contributed by atoms with van der Waals surface area (Å²) < 4.78 is 5.07. The van der Waals surface area contributed by atoms with E-state index in [1.165, 1.54) is 0 Å². The van der Waals surface area contributed by atoms with Gasteiger partial charge in [-0.3, -0.25) is 4.99 Å². The van der Waals surface area contributed by atoms with Gasteiger partial charge in [-0.25, -0.2) is 4.99 Å². The minimum Gasteiger partial charge on any atom is -0.472 e. The van der Waals surface area contributed by atoms with Gasteiger partial charge in [0, 0.05) is 17.3 Å². The van der Waals surface area contributed by atoms with Crippen molar-refractivity contribution in [2.75, 3.05) is 6.54 Å². The highest BCUT2D eigenvalue weighted by Gasteiger charge is 2.05. The fraction of sp³-hybridized carbons (Fsp3) is 0.0357. The lowest BCUT2D eigenvalue weighted by atomic mass is 9.99. The molecule has 150 valence electrons. The van der Waals surface area contributed by atoms with Crippen LogP contribution < -0.4 is 0 Å². The van der Waals surface area contributed by atoms with Crippen molar-refractivity contribution < 1.29 is 4.42 Å². The average Bonchev–Trinajstić information content (AvgIpc) is 3.36. The first kappa shape index (κ1) is 20.1. The molecule has 0 saturated heterocycles. The summed E-state index contributed by atoms with van der Waals surface area (Å²) in [5, 5.41) is 0. The van der Waals surface area contributed by atoms with Gasteiger partial charge in [-0.05, 0) is 29.1 Å². The SMILES string of the molecule is C(=N/C(=C/CN=Cc1ccoc1)c1ccccc1)=C(c1ccccc1)c1ccccc1. The Labute approximate surface area is 182 Å². The molecular formula is C28H22N2O. The van der Waals surface area contributed by atoms with Crippen LogP contribution in [0.4, 0.5) is 0 Å². The van der Waals surface area contributed by atoms with E-state index in [9.17, 15) is 0 Å². The fourth-order valence-corrected chi connectivity index (χ4v) is 3.10. The van der Waals surface area contributed by atoms with E-state index in [-0.39, 0.29) is 0 Å². The maximum atomic E-state index is 5.07. The second kappa shape index (κ2) is 10.5. The maximum absolute atomic E-state index is 5.07. The third-order valence-electron chi connectivity index (χ3n) is 4.66. The molecule has 4 rings (SSSR count). The van der Waals surface area contributed by atoms with Gasteiger partial charge in [-0.15, -0.1) is 0 Å². The second-order valence-electron chi connectivity index (χ2n) is 6.84. The van der Waals surface area contributed by atoms with Gasteiger partial charge in [0.25, 0.3) is 0 Å². The standard InChI is InChI=1S/C28H22N2O/c1-4-10-24(11-5-1)27(25-12-6-2-7-13-25)21-30-28(26-14-8-3-9-15-26)16-18-29-20-23-17-19-31-22-23/h1-17,19-20,22H,18H2/b28-16+,29-20?. The molecule has 1 aromatic heterocycles. The van der Waals surface area contributed by atoms with Crippen LogP contribution in [0.15, 0.2) is 130 Å². The number of hydrogen-bond acceptors (Lipinski definition) is 3. The highest BCUT2D eigenvalue weighted by molar-refractivity contribution is 6.00. The van der Waals surface area contributed by atoms with E-state index in [2.05, 4.69) is 35.1 Å². The lowest BCUT2D eigenvalue weighted by Crippen LogP contribution is -1.89. The van der Waals surface area contributed by atoms with Crippen LogP contribution in [0, 0.1) is 0 Å². The quantitative estimate of drug-likeness (QED) is 0.323. The van der Waals surface area contributed by atoms with Gasteiger partial charge >= 0.3 is 0 Å². The van der Waals surface area contributed by atoms with Crippen molar-refractivity contribution >= 4 is 23.4 Å². The number of benzene rings is 3. The highest BCUT2D eigenvalue weighted by atomic mass is 16.3. The molecule has 0 radical (unpaired) electrons. The van der Waals surface area contributed by atoms with Gasteiger partial charge in [0.2, 0.25) is 0 Å². The molecule has 0 atom stereocenters. The normalized spacial score (nSPS) is 11.3. The van der Waals surface area contributed by atoms with Gasteiger partial charge in [0.1, 0.15) is 0 Å². The molecule has 0 amide bonds. The predicted molar refractivity (Wildman–Crippen MR) is 128 cm³/mol. The van der Waals surface area contributed by atoms with Crippen molar-refractivity contribution in [3.63, 3.8) is 0 Å². The maximum Gasteiger partial charge on any atom is 0.0990 e. The van der Waals surface area contributed by atoms with Crippen molar-refractivity contribution in [1.29, 1.82) is 0 Å². The van der Waals surface area contributed by atoms with Crippen LogP contribution in [-0.4, -0.2) is 18.6 Å². The summed E-state index contributed by atoms with van der Waals surface area (Å²) >= 11 is 0. The lowest BCUT2D eigenvalue weighted by molar-refractivity contribution is 0.567. The topological polar surface area (TPSA) is 37.9 Å². The van der Waals surface area contributed by atoms with Gasteiger partial charge in [0.05, 0.1) is 30.3 Å². The van der Waals surface area contributed by atoms with Crippen molar-refractivity contribution in [1.82, 2.24) is 0 Å². The number of nitrogens with zero attached hydrogens (tertiary/aromatic N) is 2. The summed E-state index contributed by atoms with van der Waals surface area (Å²) in [5.74, 6) is 3.31. The summed E-state index contributed by atoms with van der Waals surface area (Å²) in [6, 6.07) is 32.4. The molecule has 0 N–H and O–H groups in total. The van der Waals surface area contributed by atoms with E-state index in [0.717, 1.165) is 33.5 Å². The van der Waals surface area contributed by atoms with Gasteiger partial charge < -0.3 is 4.42 Å². The van der Waals surface area contributed by atoms with Crippen LogP contribution in [0.5, 0.6) is 0 Å². The van der Waals surface area contributed by atoms with Crippen molar-refractivity contribution in [2.24, 2.45) is 9.98 Å². The Balaban J connectivity index is 1.72. The van der Waals surface area contributed by atoms with Crippen LogP contribution in [-0.2, 0) is 0 Å². The molecule has 3 heteroatoms. The molecule has 0 spiro atoms. The van der Waals surface area contributed by atoms with Crippen molar-refractivity contribution in [2.45, 2.75) is 0 Å². The Hall–Kier alpha value is -4.20. The molecule has 0 bridgehead atoms. The molecular weight excluding hydrogens is 380 g/mol. The first-order chi connectivity index (χ1) is 15.4. The van der Waals surface area contributed by atoms with Gasteiger partial charge in [-0.1, -0.05) is 91.0 Å². The van der Waals surface area contributed by atoms with Crippen LogP contribution in [0.2, 0.25) is 0 Å². The summed E-state index contributed by atoms with van der Waals surface area (Å²) in [7, 11) is 0. The highest BCUT2D eigenvalue weighted by Crippen LogP contribution is 2.21. The van der Waals surface area contributed by atoms with Crippen molar-refractivity contribution in [3.8, 4) is 0 Å². The Morgan fingerprint density at radius 3 is 1.87 bits per heavy atom. The second-order valence-corrected chi connectivity index (χ2v) is 6.84. The first-order valence-electron chi connectivity index (χ1n) is 10.1. The van der Waals surface area contributed by atoms with Crippen LogP contribution in [0.1, 0.15) is 22.3 Å². The Morgan fingerprint density at radius 1 is 0.742 bits per heavy atom. The monoisotopic (exact) mass is 402 g/mol. The largest absolute Gasteiger partial charge is 0.472 e. The average molecular weight is 402 g/mol. The zero-order valence-electron chi connectivity index (χ0n) is 17.1. The summed E-state index contributed by atoms with van der Waals surface area (Å²) in [5.41, 5.74) is 5.88. The smallest absolute Gasteiger partial charge is 0.0990 e. The molecule has 0 aliphatic carbocycles. The number of furan rings is 1. The predicted octanol–water partition coefficient (Wildman–Crippen LogP) is 6.54. The zero-order chi connectivity index (χ0) is 21.1. The summed E-state index contributed by atoms with van der Waals surface area (Å²) in [6.45, 7) is 0.507. The third-order valence-corrected chi connectivity index (χ3v) is 4.66. The van der Waals surface area contributed by atoms with E-state index >= 15 is 0 Å². The Morgan fingerprint density at radius 2 is 1.32 bits per heavy atom. The van der Waals surface area contributed by atoms with Gasteiger partial charge in [0.15, 0.2) is 0 Å². The number of hydrogen-bond donors (Lipinski definition) is 0. The minimum absolute atomic E-state index is 0.507. The first-order valence-corrected chi connectivity index (χ1v) is 10.1. The van der Waals surface area contributed by atoms with E-state index < -0.39 is 0 Å². The lowest BCUT2D eigenvalue weighted by Gasteiger charge is -2.05. The fourth-order valence-electron chi connectivity index (χ4n) is 3.10. The Kier molecular flexibility index (Phi) is 6.83. The summed E-state index contributed by atoms with van der Waals surface area (Å²) in [4.78, 5) is 9.23. The molecule has 0 saturated carbocycles. The van der Waals surface area contributed by atoms with Crippen LogP contribution in [0.3, 0.4) is 0 Å². The van der Waals surface area contributed by atoms with Crippen molar-refractivity contribution in [3.05, 3.63) is 138 Å². The molecule has 1 heterocycles. The zero-order valence-corrected chi connectivity index (χ0v) is 17.1. The minimum atomic E-state index is 0.507. The molecule has 3 aromatic carbocycles. The molecule has 0 unspecified atom stereocenters. The van der Waals surface area contributed by atoms with E-state index in [1.54, 1.807) is 18.7 Å². The molecule has 0 fully saturated rings. The third kappa shape index (κ3) is 5.66. The van der Waals surface area contributed by atoms with E-state index in [0.29, 0.717) is 6.54 Å². The van der Waals surface area contributed by atoms with Crippen LogP contribution in [0.25, 0.3) is 11.3 Å².